The van der Waals surface area contributed by atoms with Crippen molar-refractivity contribution >= 4 is 17.4 Å². The monoisotopic (exact) mass is 370 g/mol. The minimum atomic E-state index is -0.769. The minimum Gasteiger partial charge on any atom is -0.488 e. The Hall–Kier alpha value is -3.22. The molecule has 5 nitrogen and oxygen atoms in total. The summed E-state index contributed by atoms with van der Waals surface area (Å²) in [6.07, 6.45) is 1.84. The first kappa shape index (κ1) is 17.2. The highest BCUT2D eigenvalue weighted by Gasteiger charge is 2.32. The van der Waals surface area contributed by atoms with Gasteiger partial charge in [0.2, 0.25) is 0 Å². The molecule has 0 saturated carbocycles. The molecule has 0 saturated heterocycles. The van der Waals surface area contributed by atoms with Crippen molar-refractivity contribution in [3.63, 3.8) is 0 Å². The molecule has 0 aliphatic carbocycles. The van der Waals surface area contributed by atoms with Crippen molar-refractivity contribution in [3.05, 3.63) is 71.3 Å². The SMILES string of the molecule is O=C(NC1COc2c(F)cccc21)C(=O)N1CC=C(c2ccc(F)cc2)C1. The Morgan fingerprint density at radius 3 is 2.67 bits per heavy atom. The molecule has 2 aliphatic rings. The van der Waals surface area contributed by atoms with E-state index in [1.165, 1.54) is 29.2 Å². The third-order valence-electron chi connectivity index (χ3n) is 4.69. The largest absolute Gasteiger partial charge is 0.488 e. The number of hydrogen-bond donors (Lipinski definition) is 1. The summed E-state index contributed by atoms with van der Waals surface area (Å²) >= 11 is 0. The maximum Gasteiger partial charge on any atom is 0.312 e. The fourth-order valence-electron chi connectivity index (χ4n) is 3.27. The zero-order valence-corrected chi connectivity index (χ0v) is 14.2. The van der Waals surface area contributed by atoms with Crippen LogP contribution >= 0.6 is 0 Å². The predicted octanol–water partition coefficient (Wildman–Crippen LogP) is 2.44. The summed E-state index contributed by atoms with van der Waals surface area (Å²) in [5.74, 6) is -2.16. The topological polar surface area (TPSA) is 58.6 Å². The van der Waals surface area contributed by atoms with Gasteiger partial charge in [0.1, 0.15) is 12.4 Å². The van der Waals surface area contributed by atoms with Gasteiger partial charge < -0.3 is 15.0 Å². The Morgan fingerprint density at radius 2 is 1.89 bits per heavy atom. The second kappa shape index (κ2) is 6.83. The number of para-hydroxylation sites is 1. The zero-order valence-electron chi connectivity index (χ0n) is 14.2. The number of fused-ring (bicyclic) bond motifs is 1. The summed E-state index contributed by atoms with van der Waals surface area (Å²) in [5, 5.41) is 2.61. The van der Waals surface area contributed by atoms with Crippen LogP contribution < -0.4 is 10.1 Å². The summed E-state index contributed by atoms with van der Waals surface area (Å²) in [5.41, 5.74) is 2.18. The van der Waals surface area contributed by atoms with Crippen LogP contribution in [0.5, 0.6) is 5.75 Å². The fourth-order valence-corrected chi connectivity index (χ4v) is 3.27. The number of ether oxygens (including phenoxy) is 1. The minimum absolute atomic E-state index is 0.0777. The zero-order chi connectivity index (χ0) is 19.0. The van der Waals surface area contributed by atoms with Crippen molar-refractivity contribution in [2.75, 3.05) is 19.7 Å². The van der Waals surface area contributed by atoms with E-state index in [-0.39, 0.29) is 24.7 Å². The number of nitrogens with zero attached hydrogens (tertiary/aromatic N) is 1. The van der Waals surface area contributed by atoms with Crippen molar-refractivity contribution in [3.8, 4) is 5.75 Å². The number of carbonyl (C=O) groups excluding carboxylic acids is 2. The molecule has 4 rings (SSSR count). The van der Waals surface area contributed by atoms with Gasteiger partial charge in [-0.05, 0) is 29.3 Å². The van der Waals surface area contributed by atoms with Gasteiger partial charge in [0.05, 0.1) is 6.04 Å². The van der Waals surface area contributed by atoms with Crippen LogP contribution in [-0.4, -0.2) is 36.4 Å². The van der Waals surface area contributed by atoms with Crippen LogP contribution in [0.3, 0.4) is 0 Å². The molecule has 2 amide bonds. The first-order valence-corrected chi connectivity index (χ1v) is 8.49. The van der Waals surface area contributed by atoms with Crippen LogP contribution in [0.2, 0.25) is 0 Å². The van der Waals surface area contributed by atoms with E-state index in [1.54, 1.807) is 18.2 Å². The molecule has 0 fully saturated rings. The Morgan fingerprint density at radius 1 is 1.11 bits per heavy atom. The maximum absolute atomic E-state index is 13.7. The van der Waals surface area contributed by atoms with E-state index in [9.17, 15) is 18.4 Å². The quantitative estimate of drug-likeness (QED) is 0.826. The molecule has 1 N–H and O–H groups in total. The van der Waals surface area contributed by atoms with Gasteiger partial charge in [-0.3, -0.25) is 9.59 Å². The molecule has 0 radical (unpaired) electrons. The molecule has 138 valence electrons. The molecular formula is C20H16F2N2O3. The third-order valence-corrected chi connectivity index (χ3v) is 4.69. The van der Waals surface area contributed by atoms with E-state index in [4.69, 9.17) is 4.74 Å². The second-order valence-electron chi connectivity index (χ2n) is 6.42. The summed E-state index contributed by atoms with van der Waals surface area (Å²) in [6.45, 7) is 0.643. The number of nitrogens with one attached hydrogen (secondary N) is 1. The first-order chi connectivity index (χ1) is 13.0. The molecule has 7 heteroatoms. The molecule has 2 aliphatic heterocycles. The van der Waals surface area contributed by atoms with Gasteiger partial charge in [0, 0.05) is 18.7 Å². The lowest BCUT2D eigenvalue weighted by atomic mass is 10.1. The first-order valence-electron chi connectivity index (χ1n) is 8.49. The van der Waals surface area contributed by atoms with E-state index in [2.05, 4.69) is 5.32 Å². The normalized spacial score (nSPS) is 17.9. The highest BCUT2D eigenvalue weighted by molar-refractivity contribution is 6.35. The van der Waals surface area contributed by atoms with Gasteiger partial charge in [-0.15, -0.1) is 0 Å². The molecule has 27 heavy (non-hydrogen) atoms. The van der Waals surface area contributed by atoms with Crippen LogP contribution in [0.15, 0.2) is 48.5 Å². The number of rotatable bonds is 2. The van der Waals surface area contributed by atoms with Crippen LogP contribution in [-0.2, 0) is 9.59 Å². The highest BCUT2D eigenvalue weighted by Crippen LogP contribution is 2.34. The number of carbonyl (C=O) groups is 2. The van der Waals surface area contributed by atoms with E-state index in [1.807, 2.05) is 6.08 Å². The van der Waals surface area contributed by atoms with Gasteiger partial charge in [-0.1, -0.05) is 30.3 Å². The molecule has 2 aromatic rings. The van der Waals surface area contributed by atoms with Crippen LogP contribution in [0.25, 0.3) is 5.57 Å². The standard InChI is InChI=1S/C20H16F2N2O3/c21-14-6-4-12(5-7-14)13-8-9-24(10-13)20(26)19(25)23-17-11-27-18-15(17)2-1-3-16(18)22/h1-8,17H,9-11H2,(H,23,25). The molecule has 0 spiro atoms. The van der Waals surface area contributed by atoms with E-state index >= 15 is 0 Å². The van der Waals surface area contributed by atoms with Crippen LogP contribution in [0.1, 0.15) is 17.2 Å². The smallest absolute Gasteiger partial charge is 0.312 e. The van der Waals surface area contributed by atoms with E-state index < -0.39 is 23.7 Å². The van der Waals surface area contributed by atoms with Gasteiger partial charge in [-0.2, -0.15) is 0 Å². The molecule has 0 bridgehead atoms. The van der Waals surface area contributed by atoms with E-state index in [0.29, 0.717) is 12.1 Å². The average Bonchev–Trinajstić information content (AvgIpc) is 3.30. The predicted molar refractivity (Wildman–Crippen MR) is 93.7 cm³/mol. The molecule has 0 aromatic heterocycles. The molecule has 1 unspecified atom stereocenters. The van der Waals surface area contributed by atoms with Gasteiger partial charge in [-0.25, -0.2) is 8.78 Å². The Balaban J connectivity index is 1.39. The van der Waals surface area contributed by atoms with Crippen molar-refractivity contribution in [1.29, 1.82) is 0 Å². The summed E-state index contributed by atoms with van der Waals surface area (Å²) < 4.78 is 32.0. The average molecular weight is 370 g/mol. The number of amides is 2. The Labute approximate surface area is 154 Å². The number of halogens is 2. The maximum atomic E-state index is 13.7. The second-order valence-corrected chi connectivity index (χ2v) is 6.42. The highest BCUT2D eigenvalue weighted by atomic mass is 19.1. The number of benzene rings is 2. The van der Waals surface area contributed by atoms with Gasteiger partial charge in [0.25, 0.3) is 0 Å². The fraction of sp³-hybridized carbons (Fsp3) is 0.200. The van der Waals surface area contributed by atoms with Crippen molar-refractivity contribution in [2.45, 2.75) is 6.04 Å². The molecular weight excluding hydrogens is 354 g/mol. The van der Waals surface area contributed by atoms with E-state index in [0.717, 1.165) is 11.1 Å². The Bertz CT molecular complexity index is 941. The molecule has 1 atom stereocenters. The summed E-state index contributed by atoms with van der Waals surface area (Å²) in [6, 6.07) is 9.87. The Kier molecular flexibility index (Phi) is 4.35. The number of hydrogen-bond acceptors (Lipinski definition) is 3. The molecule has 2 heterocycles. The van der Waals surface area contributed by atoms with Gasteiger partial charge in [0.15, 0.2) is 11.6 Å². The third kappa shape index (κ3) is 3.28. The van der Waals surface area contributed by atoms with Crippen molar-refractivity contribution in [2.24, 2.45) is 0 Å². The summed E-state index contributed by atoms with van der Waals surface area (Å²) in [4.78, 5) is 26.2. The summed E-state index contributed by atoms with van der Waals surface area (Å²) in [7, 11) is 0. The van der Waals surface area contributed by atoms with Crippen LogP contribution in [0.4, 0.5) is 8.78 Å². The molecule has 2 aromatic carbocycles. The van der Waals surface area contributed by atoms with Gasteiger partial charge >= 0.3 is 11.8 Å². The lowest BCUT2D eigenvalue weighted by Gasteiger charge is -2.18. The van der Waals surface area contributed by atoms with Crippen molar-refractivity contribution < 1.29 is 23.1 Å². The van der Waals surface area contributed by atoms with Crippen molar-refractivity contribution in [1.82, 2.24) is 10.2 Å². The lowest BCUT2D eigenvalue weighted by Crippen LogP contribution is -2.43. The van der Waals surface area contributed by atoms with Crippen LogP contribution in [0, 0.1) is 11.6 Å². The lowest BCUT2D eigenvalue weighted by molar-refractivity contribution is -0.145.